The topological polar surface area (TPSA) is 75.5 Å². The van der Waals surface area contributed by atoms with Gasteiger partial charge in [-0.15, -0.1) is 0 Å². The average molecular weight is 453 g/mol. The number of benzene rings is 2. The van der Waals surface area contributed by atoms with E-state index in [4.69, 9.17) is 14.5 Å². The van der Waals surface area contributed by atoms with Gasteiger partial charge in [-0.2, -0.15) is 5.10 Å². The first-order chi connectivity index (χ1) is 15.5. The zero-order valence-electron chi connectivity index (χ0n) is 18.8. The van der Waals surface area contributed by atoms with Gasteiger partial charge in [0.25, 0.3) is 5.24 Å². The van der Waals surface area contributed by atoms with Gasteiger partial charge in [0.1, 0.15) is 5.84 Å². The van der Waals surface area contributed by atoms with Gasteiger partial charge in [0.05, 0.1) is 25.2 Å². The Labute approximate surface area is 192 Å². The minimum Gasteiger partial charge on any atom is -0.493 e. The van der Waals surface area contributed by atoms with E-state index >= 15 is 0 Å². The zero-order chi connectivity index (χ0) is 22.7. The van der Waals surface area contributed by atoms with Crippen molar-refractivity contribution >= 4 is 34.2 Å². The summed E-state index contributed by atoms with van der Waals surface area (Å²) in [5, 5.41) is 4.22. The summed E-state index contributed by atoms with van der Waals surface area (Å²) in [5.41, 5.74) is 7.94. The molecule has 1 atom stereocenters. The molecule has 168 valence electrons. The molecule has 8 heteroatoms. The molecule has 2 aromatic rings. The van der Waals surface area contributed by atoms with Crippen molar-refractivity contribution in [3.8, 4) is 11.5 Å². The molecule has 0 bridgehead atoms. The molecule has 0 saturated carbocycles. The molecule has 0 radical (unpaired) electrons. The van der Waals surface area contributed by atoms with Crippen molar-refractivity contribution in [3.05, 3.63) is 53.1 Å². The lowest BCUT2D eigenvalue weighted by atomic mass is 9.96. The first-order valence-corrected chi connectivity index (χ1v) is 11.7. The van der Waals surface area contributed by atoms with E-state index in [9.17, 15) is 4.79 Å². The quantitative estimate of drug-likeness (QED) is 0.535. The molecule has 0 aliphatic carbocycles. The summed E-state index contributed by atoms with van der Waals surface area (Å²) in [6, 6.07) is 12.4. The maximum Gasteiger partial charge on any atom is 0.299 e. The van der Waals surface area contributed by atoms with Crippen molar-refractivity contribution in [2.75, 3.05) is 32.2 Å². The van der Waals surface area contributed by atoms with E-state index in [0.717, 1.165) is 47.7 Å². The summed E-state index contributed by atoms with van der Waals surface area (Å²) in [7, 11) is 3.28. The van der Waals surface area contributed by atoms with Gasteiger partial charge in [-0.05, 0) is 68.1 Å². The molecule has 2 aliphatic rings. The second-order valence-electron chi connectivity index (χ2n) is 7.62. The SMILES string of the molecule is CCN=C(c1ccc(OC)c(OC)c1)N1CCCc2cc(C3=NNC(=O)S[C@H]3C)ccc21. The summed E-state index contributed by atoms with van der Waals surface area (Å²) in [6.07, 6.45) is 2.02. The Kier molecular flexibility index (Phi) is 6.69. The lowest BCUT2D eigenvalue weighted by Gasteiger charge is -2.33. The third-order valence-electron chi connectivity index (χ3n) is 5.64. The number of hydrazone groups is 1. The molecule has 1 amide bonds. The van der Waals surface area contributed by atoms with Crippen LogP contribution in [0.2, 0.25) is 0 Å². The third-order valence-corrected chi connectivity index (χ3v) is 6.52. The van der Waals surface area contributed by atoms with Crippen LogP contribution in [-0.4, -0.2) is 49.3 Å². The lowest BCUT2D eigenvalue weighted by Crippen LogP contribution is -2.36. The molecular weight excluding hydrogens is 424 g/mol. The Balaban J connectivity index is 1.71. The number of anilines is 1. The highest BCUT2D eigenvalue weighted by atomic mass is 32.2. The Morgan fingerprint density at radius 3 is 2.75 bits per heavy atom. The van der Waals surface area contributed by atoms with Crippen LogP contribution >= 0.6 is 11.8 Å². The van der Waals surface area contributed by atoms with Crippen molar-refractivity contribution in [2.45, 2.75) is 31.9 Å². The predicted molar refractivity (Wildman–Crippen MR) is 131 cm³/mol. The fourth-order valence-electron chi connectivity index (χ4n) is 4.17. The van der Waals surface area contributed by atoms with Gasteiger partial charge >= 0.3 is 0 Å². The highest BCUT2D eigenvalue weighted by molar-refractivity contribution is 8.14. The van der Waals surface area contributed by atoms with Crippen LogP contribution in [0.3, 0.4) is 0 Å². The molecule has 0 aromatic heterocycles. The number of nitrogens with zero attached hydrogens (tertiary/aromatic N) is 3. The fraction of sp³-hybridized carbons (Fsp3) is 0.375. The summed E-state index contributed by atoms with van der Waals surface area (Å²) < 4.78 is 10.9. The van der Waals surface area contributed by atoms with Crippen molar-refractivity contribution in [2.24, 2.45) is 10.1 Å². The largest absolute Gasteiger partial charge is 0.493 e. The molecule has 0 spiro atoms. The monoisotopic (exact) mass is 452 g/mol. The third kappa shape index (κ3) is 4.32. The Bertz CT molecular complexity index is 1080. The summed E-state index contributed by atoms with van der Waals surface area (Å²) in [5.74, 6) is 2.31. The zero-order valence-corrected chi connectivity index (χ0v) is 19.7. The number of nitrogens with one attached hydrogen (secondary N) is 1. The van der Waals surface area contributed by atoms with Crippen LogP contribution in [0.5, 0.6) is 11.5 Å². The van der Waals surface area contributed by atoms with Gasteiger partial charge in [-0.3, -0.25) is 9.79 Å². The number of methoxy groups -OCH3 is 2. The van der Waals surface area contributed by atoms with E-state index in [-0.39, 0.29) is 10.5 Å². The Hall–Kier alpha value is -3.00. The molecule has 1 N–H and O–H groups in total. The van der Waals surface area contributed by atoms with Gasteiger partial charge in [0, 0.05) is 24.3 Å². The van der Waals surface area contributed by atoms with Crippen LogP contribution in [0, 0.1) is 0 Å². The highest BCUT2D eigenvalue weighted by Gasteiger charge is 2.26. The first kappa shape index (κ1) is 22.2. The fourth-order valence-corrected chi connectivity index (χ4v) is 4.89. The lowest BCUT2D eigenvalue weighted by molar-refractivity contribution is 0.261. The number of hydrogen-bond acceptors (Lipinski definition) is 6. The number of aryl methyl sites for hydroxylation is 1. The number of amides is 1. The van der Waals surface area contributed by atoms with Crippen LogP contribution in [0.15, 0.2) is 46.5 Å². The number of carbonyl (C=O) groups is 1. The normalized spacial score (nSPS) is 18.6. The van der Waals surface area contributed by atoms with Crippen LogP contribution in [0.25, 0.3) is 0 Å². The van der Waals surface area contributed by atoms with Crippen LogP contribution in [-0.2, 0) is 6.42 Å². The average Bonchev–Trinajstić information content (AvgIpc) is 2.81. The molecule has 2 heterocycles. The van der Waals surface area contributed by atoms with Gasteiger partial charge < -0.3 is 14.4 Å². The van der Waals surface area contributed by atoms with Crippen molar-refractivity contribution in [1.82, 2.24) is 5.43 Å². The van der Waals surface area contributed by atoms with E-state index in [1.54, 1.807) is 14.2 Å². The number of carbonyl (C=O) groups excluding carboxylic acids is 1. The van der Waals surface area contributed by atoms with Gasteiger partial charge in [0.2, 0.25) is 0 Å². The van der Waals surface area contributed by atoms with Gasteiger partial charge in [0.15, 0.2) is 11.5 Å². The minimum atomic E-state index is -0.110. The number of ether oxygens (including phenoxy) is 2. The minimum absolute atomic E-state index is 0.0190. The standard InChI is InChI=1S/C24H28N4O3S/c1-5-25-23(18-9-11-20(30-3)21(14-18)31-4)28-12-6-7-16-13-17(8-10-19(16)28)22-15(2)32-24(29)27-26-22/h8-11,13-15H,5-7,12H2,1-4H3,(H,27,29)/t15-/m0/s1. The smallest absolute Gasteiger partial charge is 0.299 e. The molecule has 2 aromatic carbocycles. The number of aliphatic imine (C=N–C) groups is 1. The first-order valence-electron chi connectivity index (χ1n) is 10.8. The van der Waals surface area contributed by atoms with E-state index in [2.05, 4.69) is 33.6 Å². The molecule has 0 fully saturated rings. The molecule has 2 aliphatic heterocycles. The number of thioether (sulfide) groups is 1. The molecule has 32 heavy (non-hydrogen) atoms. The van der Waals surface area contributed by atoms with Gasteiger partial charge in [-0.1, -0.05) is 17.8 Å². The van der Waals surface area contributed by atoms with Crippen molar-refractivity contribution in [3.63, 3.8) is 0 Å². The van der Waals surface area contributed by atoms with Crippen LogP contribution < -0.4 is 19.8 Å². The summed E-state index contributed by atoms with van der Waals surface area (Å²) >= 11 is 1.26. The van der Waals surface area contributed by atoms with E-state index in [0.29, 0.717) is 18.0 Å². The molecule has 0 unspecified atom stereocenters. The van der Waals surface area contributed by atoms with E-state index in [1.807, 2.05) is 32.0 Å². The summed E-state index contributed by atoms with van der Waals surface area (Å²) in [4.78, 5) is 18.7. The summed E-state index contributed by atoms with van der Waals surface area (Å²) in [6.45, 7) is 5.63. The molecular formula is C24H28N4O3S. The maximum absolute atomic E-state index is 11.6. The highest BCUT2D eigenvalue weighted by Crippen LogP contribution is 2.33. The van der Waals surface area contributed by atoms with E-state index in [1.165, 1.54) is 17.3 Å². The number of hydrogen-bond donors (Lipinski definition) is 1. The van der Waals surface area contributed by atoms with Crippen LogP contribution in [0.4, 0.5) is 10.5 Å². The Morgan fingerprint density at radius 2 is 2.03 bits per heavy atom. The van der Waals surface area contributed by atoms with E-state index < -0.39 is 0 Å². The second-order valence-corrected chi connectivity index (χ2v) is 8.94. The number of rotatable bonds is 5. The predicted octanol–water partition coefficient (Wildman–Crippen LogP) is 4.47. The van der Waals surface area contributed by atoms with Crippen molar-refractivity contribution in [1.29, 1.82) is 0 Å². The number of fused-ring (bicyclic) bond motifs is 1. The molecule has 0 saturated heterocycles. The maximum atomic E-state index is 11.6. The van der Waals surface area contributed by atoms with Gasteiger partial charge in [-0.25, -0.2) is 5.43 Å². The Morgan fingerprint density at radius 1 is 1.22 bits per heavy atom. The molecule has 7 nitrogen and oxygen atoms in total. The second kappa shape index (κ2) is 9.65. The van der Waals surface area contributed by atoms with Crippen molar-refractivity contribution < 1.29 is 14.3 Å². The van der Waals surface area contributed by atoms with Crippen LogP contribution in [0.1, 0.15) is 37.0 Å². The molecule has 4 rings (SSSR count). The number of amidine groups is 1.